The molecule has 0 unspecified atom stereocenters. The molecule has 0 radical (unpaired) electrons. The van der Waals surface area contributed by atoms with Gasteiger partial charge in [-0.05, 0) is 55.6 Å². The molecule has 2 aliphatic carbocycles. The summed E-state index contributed by atoms with van der Waals surface area (Å²) in [6, 6.07) is 10.6. The predicted molar refractivity (Wildman–Crippen MR) is 105 cm³/mol. The van der Waals surface area contributed by atoms with E-state index in [4.69, 9.17) is 4.74 Å². The molecule has 4 atom stereocenters. The van der Waals surface area contributed by atoms with Crippen LogP contribution in [0.2, 0.25) is 0 Å². The lowest BCUT2D eigenvalue weighted by Crippen LogP contribution is -2.49. The quantitative estimate of drug-likeness (QED) is 0.725. The van der Waals surface area contributed by atoms with Crippen LogP contribution in [-0.2, 0) is 4.74 Å². The smallest absolute Gasteiger partial charge is 0.0900 e. The first-order valence-electron chi connectivity index (χ1n) is 10.6. The highest BCUT2D eigenvalue weighted by molar-refractivity contribution is 5.46. The highest BCUT2D eigenvalue weighted by Crippen LogP contribution is 2.49. The fourth-order valence-electron chi connectivity index (χ4n) is 5.36. The van der Waals surface area contributed by atoms with Crippen LogP contribution in [0, 0.1) is 17.8 Å². The van der Waals surface area contributed by atoms with E-state index in [9.17, 15) is 5.11 Å². The van der Waals surface area contributed by atoms with Gasteiger partial charge < -0.3 is 14.7 Å². The lowest BCUT2D eigenvalue weighted by molar-refractivity contribution is 0.0100. The Morgan fingerprint density at radius 3 is 2.54 bits per heavy atom. The number of nitrogens with zero attached hydrogens (tertiary/aromatic N) is 2. The van der Waals surface area contributed by atoms with Crippen LogP contribution in [0.1, 0.15) is 32.1 Å². The summed E-state index contributed by atoms with van der Waals surface area (Å²) in [6.07, 6.45) is 6.66. The van der Waals surface area contributed by atoms with E-state index in [-0.39, 0.29) is 6.10 Å². The van der Waals surface area contributed by atoms with Gasteiger partial charge in [0.25, 0.3) is 0 Å². The fourth-order valence-corrected chi connectivity index (χ4v) is 5.36. The van der Waals surface area contributed by atoms with Gasteiger partial charge in [0.05, 0.1) is 12.7 Å². The number of aliphatic hydroxyl groups is 1. The maximum Gasteiger partial charge on any atom is 0.0900 e. The molecule has 2 saturated carbocycles. The minimum absolute atomic E-state index is 0.363. The second-order valence-corrected chi connectivity index (χ2v) is 8.58. The van der Waals surface area contributed by atoms with Crippen molar-refractivity contribution in [3.8, 4) is 0 Å². The number of aliphatic hydroxyl groups excluding tert-OH is 1. The molecule has 1 aromatic carbocycles. The van der Waals surface area contributed by atoms with Crippen LogP contribution in [0.5, 0.6) is 0 Å². The second kappa shape index (κ2) is 8.73. The normalized spacial score (nSPS) is 30.0. The Morgan fingerprint density at radius 1 is 1.04 bits per heavy atom. The van der Waals surface area contributed by atoms with Gasteiger partial charge in [-0.1, -0.05) is 24.6 Å². The number of para-hydroxylation sites is 1. The zero-order valence-corrected chi connectivity index (χ0v) is 15.9. The van der Waals surface area contributed by atoms with Gasteiger partial charge in [0.15, 0.2) is 0 Å². The van der Waals surface area contributed by atoms with Crippen molar-refractivity contribution in [1.29, 1.82) is 0 Å². The Hall–Kier alpha value is -1.10. The van der Waals surface area contributed by atoms with E-state index in [0.29, 0.717) is 6.61 Å². The third kappa shape index (κ3) is 4.59. The Balaban J connectivity index is 1.09. The number of β-amino-alcohol motifs (C(OH)–C–C–N with tert-alkyl or cyclic N) is 1. The number of rotatable bonds is 8. The number of ether oxygens (including phenoxy) is 1. The lowest BCUT2D eigenvalue weighted by Gasteiger charge is -2.36. The largest absolute Gasteiger partial charge is 0.389 e. The topological polar surface area (TPSA) is 35.9 Å². The number of piperazine rings is 1. The molecule has 1 heterocycles. The van der Waals surface area contributed by atoms with Gasteiger partial charge >= 0.3 is 0 Å². The highest BCUT2D eigenvalue weighted by atomic mass is 16.5. The SMILES string of the molecule is O[C@@H](COCC[C@H]1C[C@@H]2CC[C@@H]1C2)CN1CCN(c2ccccc2)CC1. The molecule has 4 heteroatoms. The van der Waals surface area contributed by atoms with Crippen molar-refractivity contribution in [2.45, 2.75) is 38.2 Å². The number of fused-ring (bicyclic) bond motifs is 2. The molecular formula is C22H34N2O2. The van der Waals surface area contributed by atoms with Crippen LogP contribution < -0.4 is 4.90 Å². The molecule has 1 N–H and O–H groups in total. The molecule has 1 aliphatic heterocycles. The molecule has 26 heavy (non-hydrogen) atoms. The number of hydrogen-bond acceptors (Lipinski definition) is 4. The van der Waals surface area contributed by atoms with E-state index in [1.54, 1.807) is 0 Å². The average molecular weight is 359 g/mol. The highest BCUT2D eigenvalue weighted by Gasteiger charge is 2.38. The standard InChI is InChI=1S/C22H34N2O2/c25-22(17-26-13-8-20-15-18-6-7-19(20)14-18)16-23-9-11-24(12-10-23)21-4-2-1-3-5-21/h1-5,18-20,22,25H,6-17H2/t18-,19-,20+,22-/m1/s1. The molecular weight excluding hydrogens is 324 g/mol. The average Bonchev–Trinajstić information content (AvgIpc) is 3.30. The zero-order valence-electron chi connectivity index (χ0n) is 15.9. The van der Waals surface area contributed by atoms with Crippen LogP contribution >= 0.6 is 0 Å². The Kier molecular flexibility index (Phi) is 6.13. The molecule has 144 valence electrons. The maximum absolute atomic E-state index is 10.3. The monoisotopic (exact) mass is 358 g/mol. The van der Waals surface area contributed by atoms with Crippen LogP contribution in [0.3, 0.4) is 0 Å². The molecule has 0 spiro atoms. The van der Waals surface area contributed by atoms with Crippen molar-refractivity contribution >= 4 is 5.69 Å². The molecule has 2 bridgehead atoms. The molecule has 4 nitrogen and oxygen atoms in total. The molecule has 0 aromatic heterocycles. The molecule has 0 amide bonds. The zero-order chi connectivity index (χ0) is 17.8. The van der Waals surface area contributed by atoms with Crippen LogP contribution in [-0.4, -0.2) is 62.0 Å². The molecule has 3 fully saturated rings. The third-order valence-corrected chi connectivity index (χ3v) is 6.79. The second-order valence-electron chi connectivity index (χ2n) is 8.58. The first-order valence-corrected chi connectivity index (χ1v) is 10.6. The fraction of sp³-hybridized carbons (Fsp3) is 0.727. The summed E-state index contributed by atoms with van der Waals surface area (Å²) in [5.41, 5.74) is 1.30. The minimum atomic E-state index is -0.363. The van der Waals surface area contributed by atoms with E-state index < -0.39 is 0 Å². The number of anilines is 1. The first kappa shape index (κ1) is 18.3. The van der Waals surface area contributed by atoms with Crippen molar-refractivity contribution in [1.82, 2.24) is 4.90 Å². The Morgan fingerprint density at radius 2 is 1.85 bits per heavy atom. The van der Waals surface area contributed by atoms with Crippen molar-refractivity contribution in [3.05, 3.63) is 30.3 Å². The summed E-state index contributed by atoms with van der Waals surface area (Å²) in [5.74, 6) is 2.90. The van der Waals surface area contributed by atoms with E-state index in [1.165, 1.54) is 37.8 Å². The summed E-state index contributed by atoms with van der Waals surface area (Å²) in [7, 11) is 0. The van der Waals surface area contributed by atoms with Gasteiger partial charge in [0.1, 0.15) is 0 Å². The molecule has 4 rings (SSSR count). The molecule has 3 aliphatic rings. The molecule has 1 saturated heterocycles. The van der Waals surface area contributed by atoms with E-state index >= 15 is 0 Å². The van der Waals surface area contributed by atoms with Crippen molar-refractivity contribution < 1.29 is 9.84 Å². The summed E-state index contributed by atoms with van der Waals surface area (Å²) in [6.45, 7) is 6.13. The van der Waals surface area contributed by atoms with Crippen LogP contribution in [0.4, 0.5) is 5.69 Å². The minimum Gasteiger partial charge on any atom is -0.389 e. The van der Waals surface area contributed by atoms with Crippen molar-refractivity contribution in [2.75, 3.05) is 50.8 Å². The Labute approximate surface area is 158 Å². The lowest BCUT2D eigenvalue weighted by atomic mass is 9.87. The summed E-state index contributed by atoms with van der Waals surface area (Å²) < 4.78 is 5.81. The predicted octanol–water partition coefficient (Wildman–Crippen LogP) is 3.01. The number of benzene rings is 1. The molecule has 1 aromatic rings. The van der Waals surface area contributed by atoms with E-state index in [0.717, 1.165) is 57.1 Å². The van der Waals surface area contributed by atoms with E-state index in [2.05, 4.69) is 40.1 Å². The summed E-state index contributed by atoms with van der Waals surface area (Å²) in [5, 5.41) is 10.3. The maximum atomic E-state index is 10.3. The van der Waals surface area contributed by atoms with Gasteiger partial charge in [-0.25, -0.2) is 0 Å². The van der Waals surface area contributed by atoms with Crippen molar-refractivity contribution in [2.24, 2.45) is 17.8 Å². The van der Waals surface area contributed by atoms with E-state index in [1.807, 2.05) is 0 Å². The van der Waals surface area contributed by atoms with Gasteiger partial charge in [-0.2, -0.15) is 0 Å². The first-order chi connectivity index (χ1) is 12.8. The summed E-state index contributed by atoms with van der Waals surface area (Å²) >= 11 is 0. The third-order valence-electron chi connectivity index (χ3n) is 6.79. The van der Waals surface area contributed by atoms with Gasteiger partial charge in [-0.3, -0.25) is 4.90 Å². The summed E-state index contributed by atoms with van der Waals surface area (Å²) in [4.78, 5) is 4.79. The van der Waals surface area contributed by atoms with Gasteiger partial charge in [-0.15, -0.1) is 0 Å². The van der Waals surface area contributed by atoms with Crippen LogP contribution in [0.15, 0.2) is 30.3 Å². The van der Waals surface area contributed by atoms with Crippen LogP contribution in [0.25, 0.3) is 0 Å². The van der Waals surface area contributed by atoms with Gasteiger partial charge in [0, 0.05) is 45.0 Å². The van der Waals surface area contributed by atoms with Gasteiger partial charge in [0.2, 0.25) is 0 Å². The number of hydrogen-bond donors (Lipinski definition) is 1. The Bertz CT molecular complexity index is 544. The van der Waals surface area contributed by atoms with Crippen molar-refractivity contribution in [3.63, 3.8) is 0 Å².